The maximum Gasteiger partial charge on any atom is 0.412 e. The first-order valence-electron chi connectivity index (χ1n) is 11.4. The van der Waals surface area contributed by atoms with Crippen molar-refractivity contribution in [3.05, 3.63) is 52.3 Å². The van der Waals surface area contributed by atoms with Gasteiger partial charge < -0.3 is 14.2 Å². The van der Waals surface area contributed by atoms with Crippen LogP contribution in [0.25, 0.3) is 0 Å². The summed E-state index contributed by atoms with van der Waals surface area (Å²) in [6, 6.07) is 8.13. The van der Waals surface area contributed by atoms with E-state index in [0.717, 1.165) is 0 Å². The van der Waals surface area contributed by atoms with Crippen LogP contribution in [0.4, 0.5) is 10.5 Å². The van der Waals surface area contributed by atoms with Crippen molar-refractivity contribution in [1.29, 1.82) is 0 Å². The van der Waals surface area contributed by atoms with Gasteiger partial charge in [0.25, 0.3) is 0 Å². The molecule has 0 saturated carbocycles. The highest BCUT2D eigenvalue weighted by atomic mass is 35.5. The minimum Gasteiger partial charge on any atom is -0.495 e. The number of benzene rings is 1. The van der Waals surface area contributed by atoms with E-state index in [1.165, 1.54) is 14.2 Å². The molecule has 0 aliphatic rings. The summed E-state index contributed by atoms with van der Waals surface area (Å²) in [5.41, 5.74) is 0.776. The Balaban J connectivity index is 2.60. The summed E-state index contributed by atoms with van der Waals surface area (Å²) < 4.78 is 15.5. The molecule has 0 bridgehead atoms. The quantitative estimate of drug-likeness (QED) is 0.429. The summed E-state index contributed by atoms with van der Waals surface area (Å²) in [5.74, 6) is -1.26. The Morgan fingerprint density at radius 2 is 1.83 bits per heavy atom. The third-order valence-corrected chi connectivity index (χ3v) is 5.69. The maximum absolute atomic E-state index is 13.5. The maximum atomic E-state index is 13.5. The third kappa shape index (κ3) is 7.68. The van der Waals surface area contributed by atoms with Gasteiger partial charge in [-0.25, -0.2) is 14.6 Å². The summed E-state index contributed by atoms with van der Waals surface area (Å²) in [6.07, 6.45) is 0.132. The zero-order chi connectivity index (χ0) is 26.3. The van der Waals surface area contributed by atoms with E-state index >= 15 is 0 Å². The smallest absolute Gasteiger partial charge is 0.412 e. The first kappa shape index (κ1) is 28.1. The number of methoxy groups -OCH3 is 2. The van der Waals surface area contributed by atoms with E-state index < -0.39 is 23.6 Å². The van der Waals surface area contributed by atoms with Crippen LogP contribution in [0.15, 0.2) is 30.3 Å². The number of hydrogen-bond acceptors (Lipinski definition) is 7. The molecule has 8 nitrogen and oxygen atoms in total. The van der Waals surface area contributed by atoms with Crippen molar-refractivity contribution < 1.29 is 28.6 Å². The van der Waals surface area contributed by atoms with E-state index in [4.69, 9.17) is 25.8 Å². The second kappa shape index (κ2) is 12.0. The molecule has 2 atom stereocenters. The van der Waals surface area contributed by atoms with E-state index in [1.807, 2.05) is 13.8 Å². The largest absolute Gasteiger partial charge is 0.495 e. The molecule has 0 fully saturated rings. The Bertz CT molecular complexity index is 1080. The van der Waals surface area contributed by atoms with E-state index in [2.05, 4.69) is 10.3 Å². The molecule has 2 unspecified atom stereocenters. The Morgan fingerprint density at radius 3 is 2.40 bits per heavy atom. The van der Waals surface area contributed by atoms with E-state index in [-0.39, 0.29) is 28.8 Å². The van der Waals surface area contributed by atoms with E-state index in [9.17, 15) is 14.4 Å². The van der Waals surface area contributed by atoms with Crippen LogP contribution in [0, 0.1) is 5.92 Å². The van der Waals surface area contributed by atoms with Crippen LogP contribution in [0.5, 0.6) is 5.75 Å². The Labute approximate surface area is 211 Å². The number of anilines is 1. The predicted molar refractivity (Wildman–Crippen MR) is 134 cm³/mol. The minimum atomic E-state index is -0.717. The molecule has 9 heteroatoms. The number of nitrogens with one attached hydrogen (secondary N) is 1. The second-order valence-electron chi connectivity index (χ2n) is 9.18. The number of nitrogens with zero attached hydrogens (tertiary/aromatic N) is 1. The molecule has 1 aromatic heterocycles. The molecule has 1 aromatic carbocycles. The number of rotatable bonds is 9. The van der Waals surface area contributed by atoms with Gasteiger partial charge in [-0.1, -0.05) is 31.5 Å². The fourth-order valence-electron chi connectivity index (χ4n) is 3.46. The van der Waals surface area contributed by atoms with Gasteiger partial charge >= 0.3 is 12.1 Å². The number of carbonyl (C=O) groups is 3. The highest BCUT2D eigenvalue weighted by molar-refractivity contribution is 6.32. The molecular formula is C26H33ClN2O6. The number of halogens is 1. The second-order valence-corrected chi connectivity index (χ2v) is 9.58. The van der Waals surface area contributed by atoms with Gasteiger partial charge in [-0.05, 0) is 51.0 Å². The zero-order valence-electron chi connectivity index (χ0n) is 21.2. The lowest BCUT2D eigenvalue weighted by molar-refractivity contribution is -0.124. The molecule has 35 heavy (non-hydrogen) atoms. The topological polar surface area (TPSA) is 104 Å². The Hall–Kier alpha value is -3.13. The fraction of sp³-hybridized carbons (Fsp3) is 0.462. The van der Waals surface area contributed by atoms with Crippen molar-refractivity contribution in [2.24, 2.45) is 5.92 Å². The van der Waals surface area contributed by atoms with Crippen molar-refractivity contribution >= 4 is 35.1 Å². The average molecular weight is 505 g/mol. The van der Waals surface area contributed by atoms with Crippen molar-refractivity contribution in [3.63, 3.8) is 0 Å². The van der Waals surface area contributed by atoms with Crippen molar-refractivity contribution in [1.82, 2.24) is 4.98 Å². The van der Waals surface area contributed by atoms with Crippen LogP contribution < -0.4 is 10.1 Å². The fourth-order valence-corrected chi connectivity index (χ4v) is 3.71. The van der Waals surface area contributed by atoms with Gasteiger partial charge in [-0.3, -0.25) is 10.1 Å². The number of aromatic nitrogens is 1. The van der Waals surface area contributed by atoms with Gasteiger partial charge in [0.2, 0.25) is 0 Å². The predicted octanol–water partition coefficient (Wildman–Crippen LogP) is 5.82. The molecular weight excluding hydrogens is 472 g/mol. The highest BCUT2D eigenvalue weighted by Gasteiger charge is 2.30. The third-order valence-electron chi connectivity index (χ3n) is 5.39. The number of amides is 1. The normalized spacial score (nSPS) is 12.9. The van der Waals surface area contributed by atoms with Crippen LogP contribution in [0.3, 0.4) is 0 Å². The van der Waals surface area contributed by atoms with Gasteiger partial charge in [0.05, 0.1) is 30.8 Å². The number of carbonyl (C=O) groups excluding carboxylic acids is 3. The van der Waals surface area contributed by atoms with Crippen LogP contribution in [0.1, 0.15) is 68.7 Å². The van der Waals surface area contributed by atoms with Gasteiger partial charge in [-0.15, -0.1) is 0 Å². The average Bonchev–Trinajstić information content (AvgIpc) is 2.80. The summed E-state index contributed by atoms with van der Waals surface area (Å²) >= 11 is 6.44. The number of hydrogen-bond donors (Lipinski definition) is 1. The van der Waals surface area contributed by atoms with E-state index in [0.29, 0.717) is 29.1 Å². The van der Waals surface area contributed by atoms with Crippen LogP contribution in [0.2, 0.25) is 5.02 Å². The highest BCUT2D eigenvalue weighted by Crippen LogP contribution is 2.38. The molecule has 190 valence electrons. The van der Waals surface area contributed by atoms with Gasteiger partial charge in [-0.2, -0.15) is 0 Å². The molecule has 0 radical (unpaired) electrons. The molecule has 0 aliphatic heterocycles. The monoisotopic (exact) mass is 504 g/mol. The molecule has 0 saturated heterocycles. The van der Waals surface area contributed by atoms with E-state index in [1.54, 1.807) is 51.1 Å². The number of ether oxygens (including phenoxy) is 3. The Kier molecular flexibility index (Phi) is 9.65. The lowest BCUT2D eigenvalue weighted by Crippen LogP contribution is -2.28. The summed E-state index contributed by atoms with van der Waals surface area (Å²) in [4.78, 5) is 42.5. The summed E-state index contributed by atoms with van der Waals surface area (Å²) in [7, 11) is 2.74. The standard InChI is InChI=1S/C26H33ClN2O6/c1-8-15(2)23(30)18(12-16-10-9-11-20(28-16)24(31)34-7)17-13-19(27)22(33-6)14-21(17)29-25(32)35-26(3,4)5/h9-11,13-15,18H,8,12H2,1-7H3,(H,29,32). The molecule has 1 amide bonds. The van der Waals surface area contributed by atoms with Crippen LogP contribution >= 0.6 is 11.6 Å². The first-order valence-corrected chi connectivity index (χ1v) is 11.7. The van der Waals surface area contributed by atoms with Crippen LogP contribution in [-0.2, 0) is 20.7 Å². The van der Waals surface area contributed by atoms with Crippen molar-refractivity contribution in [3.8, 4) is 5.75 Å². The number of Topliss-reactive ketones (excluding diaryl/α,β-unsaturated/α-hetero) is 1. The van der Waals surface area contributed by atoms with Gasteiger partial charge in [0, 0.05) is 24.1 Å². The lowest BCUT2D eigenvalue weighted by atomic mass is 9.83. The van der Waals surface area contributed by atoms with Gasteiger partial charge in [0.1, 0.15) is 22.8 Å². The lowest BCUT2D eigenvalue weighted by Gasteiger charge is -2.25. The first-order chi connectivity index (χ1) is 16.4. The zero-order valence-corrected chi connectivity index (χ0v) is 22.0. The SMILES string of the molecule is CCC(C)C(=O)C(Cc1cccc(C(=O)OC)n1)c1cc(Cl)c(OC)cc1NC(=O)OC(C)(C)C. The summed E-state index contributed by atoms with van der Waals surface area (Å²) in [5, 5.41) is 3.03. The van der Waals surface area contributed by atoms with Crippen molar-refractivity contribution in [2.75, 3.05) is 19.5 Å². The summed E-state index contributed by atoms with van der Waals surface area (Å²) in [6.45, 7) is 9.04. The van der Waals surface area contributed by atoms with Crippen LogP contribution in [-0.4, -0.2) is 42.7 Å². The molecule has 0 spiro atoms. The molecule has 0 aliphatic carbocycles. The molecule has 1 heterocycles. The molecule has 2 aromatic rings. The Morgan fingerprint density at radius 1 is 1.14 bits per heavy atom. The molecule has 1 N–H and O–H groups in total. The molecule has 2 rings (SSSR count). The minimum absolute atomic E-state index is 0.0498. The number of esters is 1. The number of ketones is 1. The van der Waals surface area contributed by atoms with Crippen molar-refractivity contribution in [2.45, 2.75) is 59.0 Å². The van der Waals surface area contributed by atoms with Gasteiger partial charge in [0.15, 0.2) is 0 Å². The number of pyridine rings is 1.